The van der Waals surface area contributed by atoms with Crippen molar-refractivity contribution in [3.63, 3.8) is 0 Å². The van der Waals surface area contributed by atoms with E-state index in [-0.39, 0.29) is 5.54 Å². The fraction of sp³-hybridized carbons (Fsp3) is 0.462. The van der Waals surface area contributed by atoms with E-state index in [2.05, 4.69) is 36.3 Å². The second-order valence-electron chi connectivity index (χ2n) is 4.79. The highest BCUT2D eigenvalue weighted by atomic mass is 15.1. The standard InChI is InChI=1S/C13H20N4/c1-4-13(3,5-2)16-12-7-11-9(6-10(12)14)8-15-17-11/h6-8,16H,4-5,14H2,1-3H3,(H,15,17). The van der Waals surface area contributed by atoms with Gasteiger partial charge in [0.05, 0.1) is 23.1 Å². The predicted octanol–water partition coefficient (Wildman–Crippen LogP) is 3.14. The summed E-state index contributed by atoms with van der Waals surface area (Å²) in [5.41, 5.74) is 8.90. The zero-order valence-corrected chi connectivity index (χ0v) is 10.7. The Morgan fingerprint density at radius 3 is 2.71 bits per heavy atom. The molecule has 2 rings (SSSR count). The molecule has 1 aromatic carbocycles. The number of benzene rings is 1. The number of anilines is 2. The third kappa shape index (κ3) is 2.20. The van der Waals surface area contributed by atoms with Crippen LogP contribution in [0.15, 0.2) is 18.3 Å². The largest absolute Gasteiger partial charge is 0.397 e. The monoisotopic (exact) mass is 232 g/mol. The zero-order chi connectivity index (χ0) is 12.5. The molecule has 0 amide bonds. The Balaban J connectivity index is 2.37. The molecule has 0 radical (unpaired) electrons. The molecule has 1 heterocycles. The van der Waals surface area contributed by atoms with Crippen molar-refractivity contribution >= 4 is 22.3 Å². The molecule has 0 saturated heterocycles. The number of H-pyrrole nitrogens is 1. The minimum absolute atomic E-state index is 0.0851. The van der Waals surface area contributed by atoms with Gasteiger partial charge >= 0.3 is 0 Å². The Labute approximate surface area is 102 Å². The van der Waals surface area contributed by atoms with Crippen LogP contribution in [0.25, 0.3) is 10.9 Å². The first-order valence-corrected chi connectivity index (χ1v) is 6.09. The lowest BCUT2D eigenvalue weighted by Gasteiger charge is -2.30. The van der Waals surface area contributed by atoms with Crippen LogP contribution in [0.2, 0.25) is 0 Å². The summed E-state index contributed by atoms with van der Waals surface area (Å²) in [6.45, 7) is 6.58. The van der Waals surface area contributed by atoms with E-state index >= 15 is 0 Å². The van der Waals surface area contributed by atoms with Gasteiger partial charge in [0.25, 0.3) is 0 Å². The van der Waals surface area contributed by atoms with Crippen LogP contribution >= 0.6 is 0 Å². The minimum atomic E-state index is 0.0851. The summed E-state index contributed by atoms with van der Waals surface area (Å²) in [6, 6.07) is 3.98. The smallest absolute Gasteiger partial charge is 0.0672 e. The number of hydrogen-bond acceptors (Lipinski definition) is 3. The number of aromatic nitrogens is 2. The fourth-order valence-corrected chi connectivity index (χ4v) is 1.87. The normalized spacial score (nSPS) is 11.9. The molecule has 0 saturated carbocycles. The topological polar surface area (TPSA) is 66.7 Å². The van der Waals surface area contributed by atoms with Crippen molar-refractivity contribution in [2.75, 3.05) is 11.1 Å². The maximum atomic E-state index is 6.06. The van der Waals surface area contributed by atoms with Gasteiger partial charge in [-0.3, -0.25) is 5.10 Å². The first-order chi connectivity index (χ1) is 8.08. The van der Waals surface area contributed by atoms with Crippen LogP contribution in [-0.2, 0) is 0 Å². The molecule has 4 heteroatoms. The summed E-state index contributed by atoms with van der Waals surface area (Å²) in [4.78, 5) is 0. The van der Waals surface area contributed by atoms with Crippen molar-refractivity contribution < 1.29 is 0 Å². The number of nitrogen functional groups attached to an aromatic ring is 1. The lowest BCUT2D eigenvalue weighted by atomic mass is 9.95. The number of fused-ring (bicyclic) bond motifs is 1. The third-order valence-electron chi connectivity index (χ3n) is 3.61. The quantitative estimate of drug-likeness (QED) is 0.709. The van der Waals surface area contributed by atoms with E-state index in [1.165, 1.54) is 0 Å². The molecule has 4 nitrogen and oxygen atoms in total. The molecule has 0 unspecified atom stereocenters. The molecule has 0 spiro atoms. The molecular formula is C13H20N4. The molecule has 1 aromatic heterocycles. The first kappa shape index (κ1) is 11.8. The number of aromatic amines is 1. The summed E-state index contributed by atoms with van der Waals surface area (Å²) < 4.78 is 0. The maximum Gasteiger partial charge on any atom is 0.0672 e. The van der Waals surface area contributed by atoms with E-state index in [0.29, 0.717) is 0 Å². The molecule has 0 fully saturated rings. The second-order valence-corrected chi connectivity index (χ2v) is 4.79. The minimum Gasteiger partial charge on any atom is -0.397 e. The van der Waals surface area contributed by atoms with E-state index in [1.807, 2.05) is 12.1 Å². The van der Waals surface area contributed by atoms with Crippen molar-refractivity contribution in [2.24, 2.45) is 0 Å². The third-order valence-corrected chi connectivity index (χ3v) is 3.61. The maximum absolute atomic E-state index is 6.06. The molecular weight excluding hydrogens is 212 g/mol. The van der Waals surface area contributed by atoms with Crippen LogP contribution in [0, 0.1) is 0 Å². The van der Waals surface area contributed by atoms with Crippen molar-refractivity contribution in [1.82, 2.24) is 10.2 Å². The highest BCUT2D eigenvalue weighted by Crippen LogP contribution is 2.29. The van der Waals surface area contributed by atoms with Gasteiger partial charge in [-0.1, -0.05) is 13.8 Å². The Morgan fingerprint density at radius 2 is 2.06 bits per heavy atom. The number of hydrogen-bond donors (Lipinski definition) is 3. The Bertz CT molecular complexity index is 511. The number of nitrogens with one attached hydrogen (secondary N) is 2. The van der Waals surface area contributed by atoms with Crippen molar-refractivity contribution in [1.29, 1.82) is 0 Å². The molecule has 4 N–H and O–H groups in total. The van der Waals surface area contributed by atoms with Gasteiger partial charge < -0.3 is 11.1 Å². The van der Waals surface area contributed by atoms with Crippen molar-refractivity contribution in [2.45, 2.75) is 39.2 Å². The van der Waals surface area contributed by atoms with Gasteiger partial charge in [0.2, 0.25) is 0 Å². The molecule has 0 aliphatic heterocycles. The molecule has 0 aliphatic carbocycles. The predicted molar refractivity (Wildman–Crippen MR) is 73.1 cm³/mol. The summed E-state index contributed by atoms with van der Waals surface area (Å²) in [6.07, 6.45) is 3.90. The van der Waals surface area contributed by atoms with Gasteiger partial charge in [-0.15, -0.1) is 0 Å². The molecule has 2 aromatic rings. The van der Waals surface area contributed by atoms with E-state index in [1.54, 1.807) is 6.20 Å². The summed E-state index contributed by atoms with van der Waals surface area (Å²) in [5, 5.41) is 11.6. The molecule has 0 atom stereocenters. The number of rotatable bonds is 4. The number of nitrogens with two attached hydrogens (primary N) is 1. The molecule has 92 valence electrons. The van der Waals surface area contributed by atoms with Gasteiger partial charge in [-0.05, 0) is 31.9 Å². The van der Waals surface area contributed by atoms with Gasteiger partial charge in [0.1, 0.15) is 0 Å². The lowest BCUT2D eigenvalue weighted by Crippen LogP contribution is -2.33. The molecule has 0 aliphatic rings. The van der Waals surface area contributed by atoms with Crippen molar-refractivity contribution in [3.8, 4) is 0 Å². The Kier molecular flexibility index (Phi) is 2.96. The SMILES string of the molecule is CCC(C)(CC)Nc1cc2[nH]ncc2cc1N. The molecule has 17 heavy (non-hydrogen) atoms. The fourth-order valence-electron chi connectivity index (χ4n) is 1.87. The van der Waals surface area contributed by atoms with Gasteiger partial charge in [0, 0.05) is 10.9 Å². The summed E-state index contributed by atoms with van der Waals surface area (Å²) in [7, 11) is 0. The molecule has 0 bridgehead atoms. The van der Waals surface area contributed by atoms with E-state index < -0.39 is 0 Å². The average Bonchev–Trinajstić information content (AvgIpc) is 2.76. The Hall–Kier alpha value is -1.71. The van der Waals surface area contributed by atoms with Gasteiger partial charge in [-0.25, -0.2) is 0 Å². The highest BCUT2D eigenvalue weighted by Gasteiger charge is 2.20. The van der Waals surface area contributed by atoms with Crippen LogP contribution in [0.1, 0.15) is 33.6 Å². The summed E-state index contributed by atoms with van der Waals surface area (Å²) in [5.74, 6) is 0. The Morgan fingerprint density at radius 1 is 1.35 bits per heavy atom. The van der Waals surface area contributed by atoms with E-state index in [4.69, 9.17) is 5.73 Å². The second kappa shape index (κ2) is 4.28. The number of nitrogens with zero attached hydrogens (tertiary/aromatic N) is 1. The van der Waals surface area contributed by atoms with Crippen LogP contribution < -0.4 is 11.1 Å². The highest BCUT2D eigenvalue weighted by molar-refractivity contribution is 5.88. The zero-order valence-electron chi connectivity index (χ0n) is 10.7. The van der Waals surface area contributed by atoms with Crippen LogP contribution in [0.3, 0.4) is 0 Å². The van der Waals surface area contributed by atoms with Gasteiger partial charge in [-0.2, -0.15) is 5.10 Å². The van der Waals surface area contributed by atoms with Crippen LogP contribution in [0.4, 0.5) is 11.4 Å². The van der Waals surface area contributed by atoms with Crippen LogP contribution in [0.5, 0.6) is 0 Å². The van der Waals surface area contributed by atoms with E-state index in [0.717, 1.165) is 35.1 Å². The van der Waals surface area contributed by atoms with Crippen molar-refractivity contribution in [3.05, 3.63) is 18.3 Å². The first-order valence-electron chi connectivity index (χ1n) is 6.09. The van der Waals surface area contributed by atoms with Gasteiger partial charge in [0.15, 0.2) is 0 Å². The van der Waals surface area contributed by atoms with Crippen LogP contribution in [-0.4, -0.2) is 15.7 Å². The average molecular weight is 232 g/mol. The summed E-state index contributed by atoms with van der Waals surface area (Å²) >= 11 is 0. The van der Waals surface area contributed by atoms with E-state index in [9.17, 15) is 0 Å². The lowest BCUT2D eigenvalue weighted by molar-refractivity contribution is 0.479.